The number of likely N-dealkylation sites (N-methyl/N-ethyl adjacent to an activating group) is 1. The number of nitrogens with zero attached hydrogens (tertiary/aromatic N) is 2. The molecule has 1 amide bonds. The molecule has 132 valence electrons. The third-order valence-corrected chi connectivity index (χ3v) is 4.86. The first-order valence-electron chi connectivity index (χ1n) is 8.84. The van der Waals surface area contributed by atoms with E-state index in [1.807, 2.05) is 28.9 Å². The average molecular weight is 332 g/mol. The zero-order chi connectivity index (χ0) is 17.5. The number of carboxylic acids is 1. The summed E-state index contributed by atoms with van der Waals surface area (Å²) in [7, 11) is 0. The smallest absolute Gasteiger partial charge is 0.317 e. The van der Waals surface area contributed by atoms with Crippen LogP contribution in [0.1, 0.15) is 37.8 Å². The number of piperidine rings is 1. The molecule has 1 N–H and O–H groups in total. The second-order valence-electron chi connectivity index (χ2n) is 6.42. The van der Waals surface area contributed by atoms with Crippen molar-refractivity contribution in [1.29, 1.82) is 0 Å². The van der Waals surface area contributed by atoms with Gasteiger partial charge in [-0.1, -0.05) is 38.1 Å². The standard InChI is InChI=1S/C19H28N2O3/c1-3-15-5-7-16(8-6-15)13-18(22)21-11-9-17(10-12-21)20(4-2)14-19(23)24/h5-8,17H,3-4,9-14H2,1-2H3,(H,23,24). The summed E-state index contributed by atoms with van der Waals surface area (Å²) in [6.07, 6.45) is 3.15. The largest absolute Gasteiger partial charge is 0.480 e. The number of hydrogen-bond donors (Lipinski definition) is 1. The number of carbonyl (C=O) groups excluding carboxylic acids is 1. The number of likely N-dealkylation sites (tertiary alicyclic amines) is 1. The number of aryl methyl sites for hydroxylation is 1. The molecule has 5 heteroatoms. The number of carbonyl (C=O) groups is 2. The van der Waals surface area contributed by atoms with E-state index in [4.69, 9.17) is 5.11 Å². The molecule has 1 aromatic rings. The second-order valence-corrected chi connectivity index (χ2v) is 6.42. The average Bonchev–Trinajstić information content (AvgIpc) is 2.60. The van der Waals surface area contributed by atoms with Gasteiger partial charge in [-0.3, -0.25) is 14.5 Å². The molecule has 1 saturated heterocycles. The Labute approximate surface area is 144 Å². The molecule has 1 heterocycles. The monoisotopic (exact) mass is 332 g/mol. The Morgan fingerprint density at radius 3 is 2.21 bits per heavy atom. The lowest BCUT2D eigenvalue weighted by molar-refractivity contribution is -0.140. The SMILES string of the molecule is CCc1ccc(CC(=O)N2CCC(N(CC)CC(=O)O)CC2)cc1. The van der Waals surface area contributed by atoms with Crippen LogP contribution in [0.3, 0.4) is 0 Å². The van der Waals surface area contributed by atoms with E-state index in [9.17, 15) is 9.59 Å². The van der Waals surface area contributed by atoms with Gasteiger partial charge in [0.2, 0.25) is 5.91 Å². The minimum atomic E-state index is -0.786. The molecule has 1 aliphatic rings. The van der Waals surface area contributed by atoms with Crippen molar-refractivity contribution >= 4 is 11.9 Å². The molecule has 0 unspecified atom stereocenters. The van der Waals surface area contributed by atoms with Crippen molar-refractivity contribution < 1.29 is 14.7 Å². The first kappa shape index (κ1) is 18.5. The van der Waals surface area contributed by atoms with E-state index < -0.39 is 5.97 Å². The van der Waals surface area contributed by atoms with E-state index in [0.717, 1.165) is 31.4 Å². The van der Waals surface area contributed by atoms with Gasteiger partial charge in [-0.2, -0.15) is 0 Å². The zero-order valence-electron chi connectivity index (χ0n) is 14.7. The Kier molecular flexibility index (Phi) is 6.79. The fraction of sp³-hybridized carbons (Fsp3) is 0.579. The highest BCUT2D eigenvalue weighted by Crippen LogP contribution is 2.17. The molecule has 0 aliphatic carbocycles. The number of aliphatic carboxylic acids is 1. The van der Waals surface area contributed by atoms with Crippen LogP contribution in [0.15, 0.2) is 24.3 Å². The van der Waals surface area contributed by atoms with Crippen LogP contribution in [0.25, 0.3) is 0 Å². The Morgan fingerprint density at radius 1 is 1.12 bits per heavy atom. The van der Waals surface area contributed by atoms with Crippen LogP contribution in [-0.2, 0) is 22.4 Å². The summed E-state index contributed by atoms with van der Waals surface area (Å²) in [5.74, 6) is -0.620. The highest BCUT2D eigenvalue weighted by Gasteiger charge is 2.27. The Morgan fingerprint density at radius 2 is 1.71 bits per heavy atom. The number of rotatable bonds is 7. The van der Waals surface area contributed by atoms with Crippen LogP contribution < -0.4 is 0 Å². The fourth-order valence-electron chi connectivity index (χ4n) is 3.33. The van der Waals surface area contributed by atoms with Gasteiger partial charge in [-0.05, 0) is 36.9 Å². The lowest BCUT2D eigenvalue weighted by Crippen LogP contribution is -2.48. The van der Waals surface area contributed by atoms with Gasteiger partial charge in [-0.15, -0.1) is 0 Å². The number of carboxylic acid groups (broad SMARTS) is 1. The fourth-order valence-corrected chi connectivity index (χ4v) is 3.33. The summed E-state index contributed by atoms with van der Waals surface area (Å²) in [4.78, 5) is 27.3. The van der Waals surface area contributed by atoms with Gasteiger partial charge in [0.05, 0.1) is 13.0 Å². The van der Waals surface area contributed by atoms with Gasteiger partial charge in [0.25, 0.3) is 0 Å². The lowest BCUT2D eigenvalue weighted by Gasteiger charge is -2.37. The molecule has 0 radical (unpaired) electrons. The van der Waals surface area contributed by atoms with Gasteiger partial charge in [0.1, 0.15) is 0 Å². The molecule has 0 atom stereocenters. The van der Waals surface area contributed by atoms with Crippen molar-refractivity contribution in [3.63, 3.8) is 0 Å². The topological polar surface area (TPSA) is 60.9 Å². The predicted molar refractivity (Wildman–Crippen MR) is 94.0 cm³/mol. The highest BCUT2D eigenvalue weighted by atomic mass is 16.4. The minimum Gasteiger partial charge on any atom is -0.480 e. The first-order chi connectivity index (χ1) is 11.5. The molecule has 24 heavy (non-hydrogen) atoms. The summed E-state index contributed by atoms with van der Waals surface area (Å²) < 4.78 is 0. The predicted octanol–water partition coefficient (Wildman–Crippen LogP) is 2.19. The third kappa shape index (κ3) is 5.06. The quantitative estimate of drug-likeness (QED) is 0.831. The maximum absolute atomic E-state index is 12.5. The van der Waals surface area contributed by atoms with E-state index in [1.165, 1.54) is 5.56 Å². The van der Waals surface area contributed by atoms with Crippen LogP contribution in [-0.4, -0.2) is 59.0 Å². The summed E-state index contributed by atoms with van der Waals surface area (Å²) in [5, 5.41) is 8.98. The van der Waals surface area contributed by atoms with Gasteiger partial charge in [0, 0.05) is 19.1 Å². The van der Waals surface area contributed by atoms with E-state index in [1.54, 1.807) is 0 Å². The van der Waals surface area contributed by atoms with Gasteiger partial charge < -0.3 is 10.0 Å². The number of hydrogen-bond acceptors (Lipinski definition) is 3. The van der Waals surface area contributed by atoms with Crippen LogP contribution in [0.5, 0.6) is 0 Å². The van der Waals surface area contributed by atoms with Gasteiger partial charge in [-0.25, -0.2) is 0 Å². The molecular formula is C19H28N2O3. The van der Waals surface area contributed by atoms with Gasteiger partial charge >= 0.3 is 5.97 Å². The maximum atomic E-state index is 12.5. The molecule has 0 saturated carbocycles. The van der Waals surface area contributed by atoms with Crippen LogP contribution in [0, 0.1) is 0 Å². The molecule has 0 spiro atoms. The molecule has 0 bridgehead atoms. The Bertz CT molecular complexity index is 548. The molecular weight excluding hydrogens is 304 g/mol. The van der Waals surface area contributed by atoms with E-state index in [0.29, 0.717) is 19.5 Å². The van der Waals surface area contributed by atoms with Crippen molar-refractivity contribution in [2.24, 2.45) is 0 Å². The summed E-state index contributed by atoms with van der Waals surface area (Å²) >= 11 is 0. The lowest BCUT2D eigenvalue weighted by atomic mass is 10.0. The van der Waals surface area contributed by atoms with Crippen molar-refractivity contribution in [2.45, 2.75) is 45.6 Å². The Hall–Kier alpha value is -1.88. The van der Waals surface area contributed by atoms with Gasteiger partial charge in [0.15, 0.2) is 0 Å². The first-order valence-corrected chi connectivity index (χ1v) is 8.84. The van der Waals surface area contributed by atoms with Crippen molar-refractivity contribution in [3.05, 3.63) is 35.4 Å². The number of benzene rings is 1. The molecule has 5 nitrogen and oxygen atoms in total. The second kappa shape index (κ2) is 8.83. The van der Waals surface area contributed by atoms with E-state index in [-0.39, 0.29) is 18.5 Å². The minimum absolute atomic E-state index is 0.0822. The summed E-state index contributed by atoms with van der Waals surface area (Å²) in [6, 6.07) is 8.50. The molecule has 1 aromatic carbocycles. The van der Waals surface area contributed by atoms with Crippen LogP contribution >= 0.6 is 0 Å². The normalized spacial score (nSPS) is 15.7. The molecule has 0 aromatic heterocycles. The zero-order valence-corrected chi connectivity index (χ0v) is 14.7. The molecule has 1 aliphatic heterocycles. The van der Waals surface area contributed by atoms with Crippen LogP contribution in [0.4, 0.5) is 0 Å². The van der Waals surface area contributed by atoms with Crippen LogP contribution in [0.2, 0.25) is 0 Å². The highest BCUT2D eigenvalue weighted by molar-refractivity contribution is 5.78. The maximum Gasteiger partial charge on any atom is 0.317 e. The number of amides is 1. The summed E-state index contributed by atoms with van der Waals surface area (Å²) in [6.45, 7) is 6.35. The van der Waals surface area contributed by atoms with E-state index >= 15 is 0 Å². The van der Waals surface area contributed by atoms with E-state index in [2.05, 4.69) is 19.1 Å². The Balaban J connectivity index is 1.84. The van der Waals surface area contributed by atoms with Crippen molar-refractivity contribution in [2.75, 3.05) is 26.2 Å². The molecule has 2 rings (SSSR count). The van der Waals surface area contributed by atoms with Crippen molar-refractivity contribution in [1.82, 2.24) is 9.80 Å². The summed E-state index contributed by atoms with van der Waals surface area (Å²) in [5.41, 5.74) is 2.34. The van der Waals surface area contributed by atoms with Crippen molar-refractivity contribution in [3.8, 4) is 0 Å². The third-order valence-electron chi connectivity index (χ3n) is 4.86. The molecule has 1 fully saturated rings.